The van der Waals surface area contributed by atoms with Crippen molar-refractivity contribution in [2.24, 2.45) is 0 Å². The summed E-state index contributed by atoms with van der Waals surface area (Å²) in [4.78, 5) is 14.5. The number of nitrogens with zero attached hydrogens (tertiary/aromatic N) is 1. The zero-order valence-electron chi connectivity index (χ0n) is 11.6. The second kappa shape index (κ2) is 6.93. The Labute approximate surface area is 124 Å². The maximum Gasteiger partial charge on any atom is 0.343 e. The summed E-state index contributed by atoms with van der Waals surface area (Å²) >= 11 is 0. The van der Waals surface area contributed by atoms with Gasteiger partial charge in [0, 0.05) is 6.07 Å². The van der Waals surface area contributed by atoms with Gasteiger partial charge in [-0.2, -0.15) is 13.8 Å². The molecule has 1 aromatic heterocycles. The molecule has 0 spiro atoms. The van der Waals surface area contributed by atoms with Crippen LogP contribution in [0.15, 0.2) is 30.3 Å². The van der Waals surface area contributed by atoms with E-state index in [0.29, 0.717) is 18.4 Å². The first-order valence-corrected chi connectivity index (χ1v) is 6.48. The minimum absolute atomic E-state index is 0.105. The van der Waals surface area contributed by atoms with E-state index in [4.69, 9.17) is 4.74 Å². The number of aromatic nitrogens is 1. The third kappa shape index (κ3) is 3.75. The molecule has 116 valence electrons. The van der Waals surface area contributed by atoms with Gasteiger partial charge in [0.15, 0.2) is 11.6 Å². The lowest BCUT2D eigenvalue weighted by molar-refractivity contribution is 0.0724. The summed E-state index contributed by atoms with van der Waals surface area (Å²) < 4.78 is 49.0. The van der Waals surface area contributed by atoms with Crippen LogP contribution in [0.2, 0.25) is 0 Å². The van der Waals surface area contributed by atoms with Gasteiger partial charge in [-0.05, 0) is 30.7 Å². The summed E-state index contributed by atoms with van der Waals surface area (Å²) in [7, 11) is 0. The number of carbonyl (C=O) groups is 1. The number of benzene rings is 1. The van der Waals surface area contributed by atoms with Gasteiger partial charge in [0.2, 0.25) is 0 Å². The Morgan fingerprint density at radius 1 is 1.14 bits per heavy atom. The van der Waals surface area contributed by atoms with Crippen molar-refractivity contribution in [2.45, 2.75) is 13.3 Å². The summed E-state index contributed by atoms with van der Waals surface area (Å²) in [6.45, 7) is 2.49. The predicted molar refractivity (Wildman–Crippen MR) is 71.3 cm³/mol. The minimum Gasteiger partial charge on any atom is -0.494 e. The van der Waals surface area contributed by atoms with Crippen molar-refractivity contribution in [3.05, 3.63) is 53.6 Å². The Kier molecular flexibility index (Phi) is 4.98. The number of hydrogen-bond acceptors (Lipinski definition) is 4. The molecule has 0 bridgehead atoms. The van der Waals surface area contributed by atoms with Crippen molar-refractivity contribution in [3.63, 3.8) is 0 Å². The van der Waals surface area contributed by atoms with Crippen LogP contribution in [0.3, 0.4) is 0 Å². The summed E-state index contributed by atoms with van der Waals surface area (Å²) in [6.07, 6.45) is 0.839. The zero-order valence-corrected chi connectivity index (χ0v) is 11.6. The van der Waals surface area contributed by atoms with Gasteiger partial charge >= 0.3 is 5.97 Å². The van der Waals surface area contributed by atoms with Crippen molar-refractivity contribution in [3.8, 4) is 11.5 Å². The van der Waals surface area contributed by atoms with E-state index < -0.39 is 29.4 Å². The van der Waals surface area contributed by atoms with Crippen LogP contribution in [0.1, 0.15) is 23.7 Å². The van der Waals surface area contributed by atoms with E-state index in [1.807, 2.05) is 6.92 Å². The molecule has 7 heteroatoms. The molecule has 0 radical (unpaired) electrons. The molecule has 0 aliphatic heterocycles. The molecule has 2 aromatic rings. The molecule has 0 atom stereocenters. The molecule has 0 saturated carbocycles. The highest BCUT2D eigenvalue weighted by atomic mass is 19.2. The molecule has 0 fully saturated rings. The molecular weight excluding hydrogens is 299 g/mol. The van der Waals surface area contributed by atoms with Gasteiger partial charge in [-0.1, -0.05) is 6.92 Å². The van der Waals surface area contributed by atoms with Crippen LogP contribution in [0.4, 0.5) is 13.2 Å². The molecule has 2 rings (SSSR count). The number of carbonyl (C=O) groups excluding carboxylic acids is 1. The summed E-state index contributed by atoms with van der Waals surface area (Å²) in [6, 6.07) is 6.35. The highest BCUT2D eigenvalue weighted by molar-refractivity contribution is 5.91. The van der Waals surface area contributed by atoms with Crippen LogP contribution >= 0.6 is 0 Å². The number of esters is 1. The quantitative estimate of drug-likeness (QED) is 0.626. The fraction of sp³-hybridized carbons (Fsp3) is 0.200. The van der Waals surface area contributed by atoms with Crippen LogP contribution in [-0.2, 0) is 0 Å². The standard InChI is InChI=1S/C15H12F3NO3/c1-2-7-21-10-5-3-9(4-6-10)15(20)22-12-8-11(16)13(17)19-14(12)18/h3-6,8H,2,7H2,1H3. The number of pyridine rings is 1. The third-order valence-electron chi connectivity index (χ3n) is 2.62. The average molecular weight is 311 g/mol. The van der Waals surface area contributed by atoms with Crippen LogP contribution in [0.25, 0.3) is 0 Å². The van der Waals surface area contributed by atoms with Gasteiger partial charge in [-0.15, -0.1) is 0 Å². The van der Waals surface area contributed by atoms with Gasteiger partial charge in [0.25, 0.3) is 11.9 Å². The van der Waals surface area contributed by atoms with Crippen molar-refractivity contribution in [1.29, 1.82) is 0 Å². The zero-order chi connectivity index (χ0) is 16.1. The summed E-state index contributed by atoms with van der Waals surface area (Å²) in [5, 5.41) is 0. The summed E-state index contributed by atoms with van der Waals surface area (Å²) in [5.41, 5.74) is 0.105. The number of ether oxygens (including phenoxy) is 2. The lowest BCUT2D eigenvalue weighted by atomic mass is 10.2. The molecule has 0 saturated heterocycles. The van der Waals surface area contributed by atoms with Crippen LogP contribution < -0.4 is 9.47 Å². The lowest BCUT2D eigenvalue weighted by Gasteiger charge is -2.07. The van der Waals surface area contributed by atoms with E-state index in [2.05, 4.69) is 9.72 Å². The Bertz CT molecular complexity index is 674. The molecule has 0 aliphatic rings. The van der Waals surface area contributed by atoms with E-state index >= 15 is 0 Å². The number of hydrogen-bond donors (Lipinski definition) is 0. The topological polar surface area (TPSA) is 48.4 Å². The third-order valence-corrected chi connectivity index (χ3v) is 2.62. The summed E-state index contributed by atoms with van der Waals surface area (Å²) in [5.74, 6) is -5.56. The first-order valence-electron chi connectivity index (χ1n) is 6.48. The van der Waals surface area contributed by atoms with Gasteiger partial charge in [-0.3, -0.25) is 0 Å². The first kappa shape index (κ1) is 15.8. The number of rotatable bonds is 5. The SMILES string of the molecule is CCCOc1ccc(C(=O)Oc2cc(F)c(F)nc2F)cc1. The van der Waals surface area contributed by atoms with Crippen molar-refractivity contribution < 1.29 is 27.4 Å². The second-order valence-corrected chi connectivity index (χ2v) is 4.31. The maximum atomic E-state index is 13.3. The van der Waals surface area contributed by atoms with E-state index in [1.165, 1.54) is 12.1 Å². The Hall–Kier alpha value is -2.57. The molecule has 0 aliphatic carbocycles. The molecule has 22 heavy (non-hydrogen) atoms. The largest absolute Gasteiger partial charge is 0.494 e. The first-order chi connectivity index (χ1) is 10.5. The van der Waals surface area contributed by atoms with Gasteiger partial charge < -0.3 is 9.47 Å². The Balaban J connectivity index is 2.10. The molecule has 1 aromatic carbocycles. The predicted octanol–water partition coefficient (Wildman–Crippen LogP) is 3.51. The average Bonchev–Trinajstić information content (AvgIpc) is 2.51. The Morgan fingerprint density at radius 2 is 1.82 bits per heavy atom. The van der Waals surface area contributed by atoms with Gasteiger partial charge in [0.1, 0.15) is 5.75 Å². The van der Waals surface area contributed by atoms with E-state index in [1.54, 1.807) is 12.1 Å². The minimum atomic E-state index is -1.60. The maximum absolute atomic E-state index is 13.3. The van der Waals surface area contributed by atoms with Gasteiger partial charge in [0.05, 0.1) is 12.2 Å². The van der Waals surface area contributed by atoms with Crippen LogP contribution in [-0.4, -0.2) is 17.6 Å². The van der Waals surface area contributed by atoms with Crippen LogP contribution in [0.5, 0.6) is 11.5 Å². The van der Waals surface area contributed by atoms with Gasteiger partial charge in [-0.25, -0.2) is 9.18 Å². The Morgan fingerprint density at radius 3 is 2.45 bits per heavy atom. The monoisotopic (exact) mass is 311 g/mol. The normalized spacial score (nSPS) is 10.4. The molecule has 0 unspecified atom stereocenters. The van der Waals surface area contributed by atoms with E-state index in [9.17, 15) is 18.0 Å². The van der Waals surface area contributed by atoms with Crippen molar-refractivity contribution in [2.75, 3.05) is 6.61 Å². The fourth-order valence-electron chi connectivity index (χ4n) is 1.57. The highest BCUT2D eigenvalue weighted by Gasteiger charge is 2.17. The van der Waals surface area contributed by atoms with Crippen molar-refractivity contribution in [1.82, 2.24) is 4.98 Å². The van der Waals surface area contributed by atoms with E-state index in [-0.39, 0.29) is 5.56 Å². The second-order valence-electron chi connectivity index (χ2n) is 4.31. The fourth-order valence-corrected chi connectivity index (χ4v) is 1.57. The molecule has 4 nitrogen and oxygen atoms in total. The molecule has 0 N–H and O–H groups in total. The lowest BCUT2D eigenvalue weighted by Crippen LogP contribution is -2.11. The number of halogens is 3. The van der Waals surface area contributed by atoms with Crippen molar-refractivity contribution >= 4 is 5.97 Å². The van der Waals surface area contributed by atoms with E-state index in [0.717, 1.165) is 6.42 Å². The van der Waals surface area contributed by atoms with Crippen LogP contribution in [0, 0.1) is 17.7 Å². The smallest absolute Gasteiger partial charge is 0.343 e. The molecule has 0 amide bonds. The molecule has 1 heterocycles. The molecular formula is C15H12F3NO3. The highest BCUT2D eigenvalue weighted by Crippen LogP contribution is 2.20.